The van der Waals surface area contributed by atoms with Crippen LogP contribution in [0.2, 0.25) is 0 Å². The number of thioether (sulfide) groups is 1. The summed E-state index contributed by atoms with van der Waals surface area (Å²) in [5, 5.41) is 12.2. The summed E-state index contributed by atoms with van der Waals surface area (Å²) in [6.45, 7) is 4.59. The molecule has 4 aromatic rings. The van der Waals surface area contributed by atoms with E-state index in [1.54, 1.807) is 12.4 Å². The van der Waals surface area contributed by atoms with Gasteiger partial charge in [-0.1, -0.05) is 61.2 Å². The van der Waals surface area contributed by atoms with Gasteiger partial charge in [0.15, 0.2) is 11.0 Å². The van der Waals surface area contributed by atoms with Gasteiger partial charge in [-0.3, -0.25) is 14.3 Å². The summed E-state index contributed by atoms with van der Waals surface area (Å²) < 4.78 is 2.04. The van der Waals surface area contributed by atoms with Crippen LogP contribution in [-0.4, -0.2) is 30.9 Å². The highest BCUT2D eigenvalue weighted by Crippen LogP contribution is 2.28. The molecular formula is C25H25N5OS. The molecule has 0 fully saturated rings. The van der Waals surface area contributed by atoms with Crippen molar-refractivity contribution in [3.63, 3.8) is 0 Å². The fourth-order valence-corrected chi connectivity index (χ4v) is 4.12. The van der Waals surface area contributed by atoms with Gasteiger partial charge in [0.2, 0.25) is 5.91 Å². The number of carbonyl (C=O) groups is 1. The predicted octanol–water partition coefficient (Wildman–Crippen LogP) is 5.07. The van der Waals surface area contributed by atoms with E-state index in [1.807, 2.05) is 66.1 Å². The summed E-state index contributed by atoms with van der Waals surface area (Å²) in [6.07, 6.45) is 4.48. The van der Waals surface area contributed by atoms with Crippen molar-refractivity contribution in [2.75, 3.05) is 5.32 Å². The Morgan fingerprint density at radius 1 is 1.00 bits per heavy atom. The average Bonchev–Trinajstić information content (AvgIpc) is 3.22. The predicted molar refractivity (Wildman–Crippen MR) is 129 cm³/mol. The number of nitrogens with one attached hydrogen (secondary N) is 1. The largest absolute Gasteiger partial charge is 0.325 e. The lowest BCUT2D eigenvalue weighted by atomic mass is 10.1. The molecule has 0 radical (unpaired) electrons. The Morgan fingerprint density at radius 2 is 1.78 bits per heavy atom. The summed E-state index contributed by atoms with van der Waals surface area (Å²) in [4.78, 5) is 17.0. The van der Waals surface area contributed by atoms with E-state index >= 15 is 0 Å². The molecule has 2 heterocycles. The van der Waals surface area contributed by atoms with E-state index in [-0.39, 0.29) is 11.2 Å². The van der Waals surface area contributed by atoms with E-state index in [4.69, 9.17) is 0 Å². The van der Waals surface area contributed by atoms with Crippen molar-refractivity contribution in [1.82, 2.24) is 19.7 Å². The van der Waals surface area contributed by atoms with Gasteiger partial charge in [0.25, 0.3) is 0 Å². The van der Waals surface area contributed by atoms with Crippen LogP contribution < -0.4 is 5.32 Å². The average molecular weight is 444 g/mol. The van der Waals surface area contributed by atoms with Crippen LogP contribution in [0.1, 0.15) is 25.0 Å². The molecule has 7 heteroatoms. The quantitative estimate of drug-likeness (QED) is 0.385. The third kappa shape index (κ3) is 5.23. The number of hydrogen-bond acceptors (Lipinski definition) is 5. The molecule has 2 aromatic heterocycles. The minimum absolute atomic E-state index is 0.0727. The number of carbonyl (C=O) groups excluding carboxylic acids is 1. The van der Waals surface area contributed by atoms with Crippen LogP contribution in [0, 0.1) is 0 Å². The Hall–Kier alpha value is -3.45. The molecule has 0 saturated carbocycles. The lowest BCUT2D eigenvalue weighted by Crippen LogP contribution is -2.23. The van der Waals surface area contributed by atoms with E-state index in [1.165, 1.54) is 17.3 Å². The molecular weight excluding hydrogens is 418 g/mol. The number of anilines is 1. The fourth-order valence-electron chi connectivity index (χ4n) is 3.27. The van der Waals surface area contributed by atoms with Crippen molar-refractivity contribution in [3.05, 3.63) is 90.3 Å². The molecule has 0 saturated heterocycles. The zero-order valence-electron chi connectivity index (χ0n) is 18.1. The molecule has 6 nitrogen and oxygen atoms in total. The second-order valence-electron chi connectivity index (χ2n) is 7.42. The zero-order chi connectivity index (χ0) is 22.3. The smallest absolute Gasteiger partial charge is 0.237 e. The molecule has 0 aliphatic heterocycles. The highest BCUT2D eigenvalue weighted by atomic mass is 32.2. The Morgan fingerprint density at radius 3 is 2.47 bits per heavy atom. The summed E-state index contributed by atoms with van der Waals surface area (Å²) in [6, 6.07) is 21.9. The number of pyridine rings is 1. The molecule has 0 aliphatic carbocycles. The van der Waals surface area contributed by atoms with Gasteiger partial charge in [-0.05, 0) is 48.7 Å². The van der Waals surface area contributed by atoms with Crippen molar-refractivity contribution in [3.8, 4) is 11.4 Å². The first-order chi connectivity index (χ1) is 15.6. The van der Waals surface area contributed by atoms with Crippen LogP contribution >= 0.6 is 11.8 Å². The van der Waals surface area contributed by atoms with Crippen molar-refractivity contribution in [1.29, 1.82) is 0 Å². The number of aromatic nitrogens is 4. The topological polar surface area (TPSA) is 72.7 Å². The SMILES string of the molecule is CCc1ccc(NC(=O)C(C)Sc2nnc(-c3cccnc3)n2Cc2ccccc2)cc1. The summed E-state index contributed by atoms with van der Waals surface area (Å²) in [5.74, 6) is 0.656. The van der Waals surface area contributed by atoms with Crippen molar-refractivity contribution >= 4 is 23.4 Å². The van der Waals surface area contributed by atoms with E-state index in [0.717, 1.165) is 29.1 Å². The van der Waals surface area contributed by atoms with Crippen molar-refractivity contribution < 1.29 is 4.79 Å². The van der Waals surface area contributed by atoms with Gasteiger partial charge in [0, 0.05) is 23.6 Å². The summed E-state index contributed by atoms with van der Waals surface area (Å²) >= 11 is 1.40. The van der Waals surface area contributed by atoms with Crippen LogP contribution in [0.4, 0.5) is 5.69 Å². The van der Waals surface area contributed by atoms with Crippen LogP contribution in [0.3, 0.4) is 0 Å². The molecule has 1 amide bonds. The Kier molecular flexibility index (Phi) is 6.97. The maximum Gasteiger partial charge on any atom is 0.237 e. The molecule has 1 atom stereocenters. The maximum atomic E-state index is 12.8. The van der Waals surface area contributed by atoms with Gasteiger partial charge in [-0.25, -0.2) is 0 Å². The molecule has 0 bridgehead atoms. The first-order valence-corrected chi connectivity index (χ1v) is 11.5. The highest BCUT2D eigenvalue weighted by molar-refractivity contribution is 8.00. The molecule has 162 valence electrons. The zero-order valence-corrected chi connectivity index (χ0v) is 18.9. The Labute approximate surface area is 192 Å². The molecule has 0 spiro atoms. The monoisotopic (exact) mass is 443 g/mol. The standard InChI is InChI=1S/C25H25N5OS/c1-3-19-11-13-22(14-12-19)27-24(31)18(2)32-25-29-28-23(21-10-7-15-26-16-21)30(25)17-20-8-5-4-6-9-20/h4-16,18H,3,17H2,1-2H3,(H,27,31). The lowest BCUT2D eigenvalue weighted by Gasteiger charge is -2.14. The van der Waals surface area contributed by atoms with Crippen molar-refractivity contribution in [2.45, 2.75) is 37.2 Å². The van der Waals surface area contributed by atoms with Gasteiger partial charge in [-0.15, -0.1) is 10.2 Å². The Balaban J connectivity index is 1.55. The lowest BCUT2D eigenvalue weighted by molar-refractivity contribution is -0.115. The molecule has 0 aliphatic rings. The minimum atomic E-state index is -0.346. The minimum Gasteiger partial charge on any atom is -0.325 e. The van der Waals surface area contributed by atoms with Crippen LogP contribution in [0.25, 0.3) is 11.4 Å². The van der Waals surface area contributed by atoms with Crippen LogP contribution in [-0.2, 0) is 17.8 Å². The number of hydrogen-bond donors (Lipinski definition) is 1. The number of amides is 1. The molecule has 4 rings (SSSR count). The van der Waals surface area contributed by atoms with E-state index in [9.17, 15) is 4.79 Å². The van der Waals surface area contributed by atoms with Crippen LogP contribution in [0.15, 0.2) is 84.3 Å². The third-order valence-electron chi connectivity index (χ3n) is 5.10. The van der Waals surface area contributed by atoms with E-state index < -0.39 is 0 Å². The Bertz CT molecular complexity index is 1160. The maximum absolute atomic E-state index is 12.8. The first-order valence-electron chi connectivity index (χ1n) is 10.6. The molecule has 1 unspecified atom stereocenters. The van der Waals surface area contributed by atoms with Gasteiger partial charge in [0.05, 0.1) is 11.8 Å². The summed E-state index contributed by atoms with van der Waals surface area (Å²) in [5.41, 5.74) is 4.05. The van der Waals surface area contributed by atoms with Gasteiger partial charge >= 0.3 is 0 Å². The number of aryl methyl sites for hydroxylation is 1. The second kappa shape index (κ2) is 10.2. The molecule has 2 aromatic carbocycles. The molecule has 1 N–H and O–H groups in total. The first kappa shape index (κ1) is 21.8. The van der Waals surface area contributed by atoms with Gasteiger partial charge < -0.3 is 5.32 Å². The van der Waals surface area contributed by atoms with Crippen LogP contribution in [0.5, 0.6) is 0 Å². The number of rotatable bonds is 8. The van der Waals surface area contributed by atoms with Gasteiger partial charge in [0.1, 0.15) is 0 Å². The van der Waals surface area contributed by atoms with E-state index in [0.29, 0.717) is 11.7 Å². The van der Waals surface area contributed by atoms with Crippen molar-refractivity contribution in [2.24, 2.45) is 0 Å². The summed E-state index contributed by atoms with van der Waals surface area (Å²) in [7, 11) is 0. The van der Waals surface area contributed by atoms with E-state index in [2.05, 4.69) is 39.6 Å². The normalized spacial score (nSPS) is 11.8. The number of nitrogens with zero attached hydrogens (tertiary/aromatic N) is 4. The number of benzene rings is 2. The molecule has 32 heavy (non-hydrogen) atoms. The fraction of sp³-hybridized carbons (Fsp3) is 0.200. The third-order valence-corrected chi connectivity index (χ3v) is 6.18. The second-order valence-corrected chi connectivity index (χ2v) is 8.73. The van der Waals surface area contributed by atoms with Gasteiger partial charge in [-0.2, -0.15) is 0 Å². The highest BCUT2D eigenvalue weighted by Gasteiger charge is 2.21.